The molecular weight excluding hydrogens is 521 g/mol. The van der Waals surface area contributed by atoms with Crippen molar-refractivity contribution in [1.29, 1.82) is 0 Å². The zero-order chi connectivity index (χ0) is 22.9. The fourth-order valence-corrected chi connectivity index (χ4v) is 3.21. The molecule has 0 unspecified atom stereocenters. The predicted molar refractivity (Wildman–Crippen MR) is 131 cm³/mol. The number of carboxylic acid groups (broad SMARTS) is 1. The molecule has 0 heterocycles. The first kappa shape index (κ1) is 23.3. The summed E-state index contributed by atoms with van der Waals surface area (Å²) in [6.45, 7) is 2.65. The van der Waals surface area contributed by atoms with Crippen LogP contribution >= 0.6 is 22.6 Å². The Kier molecular flexibility index (Phi) is 8.27. The number of aliphatic carboxylic acids is 1. The number of ether oxygens (including phenoxy) is 2. The van der Waals surface area contributed by atoms with Crippen molar-refractivity contribution in [1.82, 2.24) is 5.32 Å². The van der Waals surface area contributed by atoms with E-state index in [4.69, 9.17) is 9.47 Å². The van der Waals surface area contributed by atoms with Crippen LogP contribution in [-0.4, -0.2) is 23.6 Å². The van der Waals surface area contributed by atoms with Gasteiger partial charge in [0.05, 0.1) is 6.61 Å². The molecule has 164 valence electrons. The van der Waals surface area contributed by atoms with E-state index >= 15 is 0 Å². The first-order valence-corrected chi connectivity index (χ1v) is 11.0. The van der Waals surface area contributed by atoms with Crippen molar-refractivity contribution in [3.8, 4) is 11.5 Å². The van der Waals surface area contributed by atoms with E-state index < -0.39 is 11.9 Å². The molecule has 0 aliphatic carbocycles. The molecule has 2 N–H and O–H groups in total. The number of hydrogen-bond donors (Lipinski definition) is 2. The second kappa shape index (κ2) is 11.3. The summed E-state index contributed by atoms with van der Waals surface area (Å²) >= 11 is 2.25. The maximum atomic E-state index is 12.4. The molecule has 0 saturated heterocycles. The summed E-state index contributed by atoms with van der Waals surface area (Å²) in [5.41, 5.74) is 1.71. The Morgan fingerprint density at radius 2 is 1.69 bits per heavy atom. The van der Waals surface area contributed by atoms with Gasteiger partial charge in [-0.15, -0.1) is 0 Å². The molecule has 0 radical (unpaired) electrons. The van der Waals surface area contributed by atoms with E-state index in [1.807, 2.05) is 31.2 Å². The second-order valence-electron chi connectivity index (χ2n) is 6.74. The van der Waals surface area contributed by atoms with Crippen molar-refractivity contribution >= 4 is 40.5 Å². The third-order valence-electron chi connectivity index (χ3n) is 4.40. The highest BCUT2D eigenvalue weighted by Crippen LogP contribution is 2.30. The van der Waals surface area contributed by atoms with Crippen molar-refractivity contribution < 1.29 is 24.2 Å². The van der Waals surface area contributed by atoms with Crippen LogP contribution in [0.2, 0.25) is 0 Å². The Morgan fingerprint density at radius 3 is 2.34 bits per heavy atom. The molecule has 7 heteroatoms. The molecule has 0 bridgehead atoms. The average molecular weight is 543 g/mol. The van der Waals surface area contributed by atoms with Gasteiger partial charge in [0.25, 0.3) is 5.91 Å². The molecular formula is C25H22INO5. The minimum atomic E-state index is -1.24. The maximum Gasteiger partial charge on any atom is 0.352 e. The minimum Gasteiger partial charge on any atom is -0.490 e. The van der Waals surface area contributed by atoms with Gasteiger partial charge in [-0.1, -0.05) is 36.4 Å². The molecule has 6 nitrogen and oxygen atoms in total. The van der Waals surface area contributed by atoms with Crippen LogP contribution in [0.5, 0.6) is 11.5 Å². The Balaban J connectivity index is 1.79. The van der Waals surface area contributed by atoms with Crippen molar-refractivity contribution in [3.05, 3.63) is 98.8 Å². The summed E-state index contributed by atoms with van der Waals surface area (Å²) in [5, 5.41) is 12.0. The molecule has 0 atom stereocenters. The second-order valence-corrected chi connectivity index (χ2v) is 7.98. The van der Waals surface area contributed by atoms with Crippen molar-refractivity contribution in [3.63, 3.8) is 0 Å². The maximum absolute atomic E-state index is 12.4. The van der Waals surface area contributed by atoms with Crippen LogP contribution in [0.15, 0.2) is 78.5 Å². The normalized spacial score (nSPS) is 11.0. The number of carbonyl (C=O) groups excluding carboxylic acids is 1. The summed E-state index contributed by atoms with van der Waals surface area (Å²) < 4.78 is 12.7. The highest BCUT2D eigenvalue weighted by atomic mass is 127. The highest BCUT2D eigenvalue weighted by molar-refractivity contribution is 14.1. The van der Waals surface area contributed by atoms with Gasteiger partial charge in [-0.05, 0) is 83.1 Å². The Hall–Kier alpha value is -3.33. The summed E-state index contributed by atoms with van der Waals surface area (Å²) in [5.74, 6) is -0.702. The van der Waals surface area contributed by atoms with Crippen LogP contribution in [0.4, 0.5) is 0 Å². The topological polar surface area (TPSA) is 84.9 Å². The van der Waals surface area contributed by atoms with Gasteiger partial charge >= 0.3 is 5.97 Å². The number of hydrogen-bond acceptors (Lipinski definition) is 4. The van der Waals surface area contributed by atoms with E-state index in [0.29, 0.717) is 35.8 Å². The first-order valence-electron chi connectivity index (χ1n) is 9.91. The van der Waals surface area contributed by atoms with E-state index in [9.17, 15) is 14.7 Å². The summed E-state index contributed by atoms with van der Waals surface area (Å²) in [7, 11) is 0. The van der Waals surface area contributed by atoms with E-state index in [0.717, 1.165) is 9.13 Å². The summed E-state index contributed by atoms with van der Waals surface area (Å²) in [6.07, 6.45) is 1.38. The van der Waals surface area contributed by atoms with E-state index in [1.165, 1.54) is 6.08 Å². The molecule has 0 spiro atoms. The molecule has 0 aliphatic heterocycles. The molecule has 3 rings (SSSR count). The lowest BCUT2D eigenvalue weighted by molar-refractivity contribution is -0.132. The summed E-state index contributed by atoms with van der Waals surface area (Å²) in [6, 6.07) is 21.6. The fraction of sp³-hybridized carbons (Fsp3) is 0.120. The van der Waals surface area contributed by atoms with Crippen molar-refractivity contribution in [2.75, 3.05) is 6.61 Å². The lowest BCUT2D eigenvalue weighted by Crippen LogP contribution is -2.27. The average Bonchev–Trinajstić information content (AvgIpc) is 2.80. The Morgan fingerprint density at radius 1 is 0.969 bits per heavy atom. The molecule has 3 aromatic carbocycles. The summed E-state index contributed by atoms with van der Waals surface area (Å²) in [4.78, 5) is 24.0. The van der Waals surface area contributed by atoms with Crippen LogP contribution in [0.3, 0.4) is 0 Å². The minimum absolute atomic E-state index is 0.242. The Bertz CT molecular complexity index is 1110. The number of nitrogens with one attached hydrogen (secondary N) is 1. The smallest absolute Gasteiger partial charge is 0.352 e. The number of rotatable bonds is 9. The fourth-order valence-electron chi connectivity index (χ4n) is 2.85. The van der Waals surface area contributed by atoms with Crippen molar-refractivity contribution in [2.45, 2.75) is 13.5 Å². The molecule has 0 aliphatic rings. The number of carboxylic acids is 1. The van der Waals surface area contributed by atoms with Gasteiger partial charge in [0.2, 0.25) is 0 Å². The third-order valence-corrected chi connectivity index (χ3v) is 5.12. The number of benzene rings is 3. The number of amides is 1. The third kappa shape index (κ3) is 6.58. The van der Waals surface area contributed by atoms with E-state index in [2.05, 4.69) is 27.9 Å². The first-order chi connectivity index (χ1) is 15.5. The van der Waals surface area contributed by atoms with E-state index in [-0.39, 0.29) is 5.70 Å². The van der Waals surface area contributed by atoms with Gasteiger partial charge < -0.3 is 19.9 Å². The van der Waals surface area contributed by atoms with Crippen LogP contribution in [0.1, 0.15) is 28.4 Å². The van der Waals surface area contributed by atoms with Crippen LogP contribution in [-0.2, 0) is 11.4 Å². The lowest BCUT2D eigenvalue weighted by atomic mass is 10.1. The SMILES string of the molecule is CCOc1cc(/C=C(/NC(=O)c2ccccc2)C(=O)O)ccc1OCc1ccc(I)cc1. The number of halogens is 1. The number of carbonyl (C=O) groups is 2. The van der Waals surface area contributed by atoms with Crippen LogP contribution in [0.25, 0.3) is 6.08 Å². The van der Waals surface area contributed by atoms with Gasteiger partial charge in [-0.25, -0.2) is 4.79 Å². The van der Waals surface area contributed by atoms with Gasteiger partial charge in [0.15, 0.2) is 11.5 Å². The monoisotopic (exact) mass is 543 g/mol. The quantitative estimate of drug-likeness (QED) is 0.289. The largest absolute Gasteiger partial charge is 0.490 e. The molecule has 1 amide bonds. The zero-order valence-corrected chi connectivity index (χ0v) is 19.5. The molecule has 0 fully saturated rings. The van der Waals surface area contributed by atoms with Gasteiger partial charge in [0.1, 0.15) is 12.3 Å². The van der Waals surface area contributed by atoms with Gasteiger partial charge in [-0.3, -0.25) is 4.79 Å². The Labute approximate surface area is 200 Å². The lowest BCUT2D eigenvalue weighted by Gasteiger charge is -2.13. The molecule has 32 heavy (non-hydrogen) atoms. The molecule has 0 saturated carbocycles. The van der Waals surface area contributed by atoms with Crippen LogP contribution < -0.4 is 14.8 Å². The van der Waals surface area contributed by atoms with Gasteiger partial charge in [-0.2, -0.15) is 0 Å². The van der Waals surface area contributed by atoms with E-state index in [1.54, 1.807) is 48.5 Å². The zero-order valence-electron chi connectivity index (χ0n) is 17.4. The van der Waals surface area contributed by atoms with Crippen molar-refractivity contribution in [2.24, 2.45) is 0 Å². The van der Waals surface area contributed by atoms with Gasteiger partial charge in [0, 0.05) is 9.13 Å². The van der Waals surface area contributed by atoms with Crippen LogP contribution in [0, 0.1) is 3.57 Å². The predicted octanol–water partition coefficient (Wildman–Crippen LogP) is 5.12. The molecule has 3 aromatic rings. The standard InChI is InChI=1S/C25H22INO5/c1-2-31-23-15-18(10-13-22(23)32-16-17-8-11-20(26)12-9-17)14-21(25(29)30)27-24(28)19-6-4-3-5-7-19/h3-15H,2,16H2,1H3,(H,27,28)(H,29,30)/b21-14+. The highest BCUT2D eigenvalue weighted by Gasteiger charge is 2.14. The molecule has 0 aromatic heterocycles.